The second-order valence-corrected chi connectivity index (χ2v) is 6.87. The zero-order chi connectivity index (χ0) is 13.9. The fourth-order valence-corrected chi connectivity index (χ4v) is 4.16. The highest BCUT2D eigenvalue weighted by Crippen LogP contribution is 2.37. The van der Waals surface area contributed by atoms with Crippen molar-refractivity contribution in [2.75, 3.05) is 0 Å². The fourth-order valence-electron chi connectivity index (χ4n) is 3.87. The van der Waals surface area contributed by atoms with Crippen molar-refractivity contribution in [3.05, 3.63) is 22.2 Å². The van der Waals surface area contributed by atoms with Gasteiger partial charge in [0, 0.05) is 17.2 Å². The molecule has 110 valence electrons. The number of aryl methyl sites for hydroxylation is 1. The lowest BCUT2D eigenvalue weighted by Crippen LogP contribution is -2.18. The summed E-state index contributed by atoms with van der Waals surface area (Å²) in [5.41, 5.74) is 2.46. The molecule has 0 amide bonds. The van der Waals surface area contributed by atoms with Crippen LogP contribution < -0.4 is 0 Å². The van der Waals surface area contributed by atoms with Gasteiger partial charge in [-0.2, -0.15) is 0 Å². The average molecular weight is 293 g/mol. The van der Waals surface area contributed by atoms with E-state index in [2.05, 4.69) is 11.9 Å². The van der Waals surface area contributed by atoms with E-state index in [0.29, 0.717) is 5.92 Å². The number of rotatable bonds is 3. The van der Waals surface area contributed by atoms with Gasteiger partial charge < -0.3 is 0 Å². The average Bonchev–Trinajstić information content (AvgIpc) is 2.48. The Hall–Kier alpha value is -0.630. The van der Waals surface area contributed by atoms with E-state index in [0.717, 1.165) is 29.7 Å². The third kappa shape index (κ3) is 3.00. The molecule has 20 heavy (non-hydrogen) atoms. The summed E-state index contributed by atoms with van der Waals surface area (Å²) >= 11 is 6.39. The van der Waals surface area contributed by atoms with Crippen LogP contribution in [-0.2, 0) is 12.8 Å². The minimum absolute atomic E-state index is 0.549. The lowest BCUT2D eigenvalue weighted by Gasteiger charge is -2.28. The highest BCUT2D eigenvalue weighted by atomic mass is 35.5. The first-order valence-corrected chi connectivity index (χ1v) is 8.71. The molecule has 0 atom stereocenters. The summed E-state index contributed by atoms with van der Waals surface area (Å²) in [4.78, 5) is 9.51. The molecule has 0 radical (unpaired) electrons. The normalized spacial score (nSPS) is 26.3. The molecule has 0 spiro atoms. The fraction of sp³-hybridized carbons (Fsp3) is 0.765. The van der Waals surface area contributed by atoms with Crippen LogP contribution >= 0.6 is 11.6 Å². The quantitative estimate of drug-likeness (QED) is 0.726. The van der Waals surface area contributed by atoms with Gasteiger partial charge >= 0.3 is 0 Å². The molecule has 3 rings (SSSR count). The van der Waals surface area contributed by atoms with E-state index < -0.39 is 0 Å². The Morgan fingerprint density at radius 3 is 2.55 bits per heavy atom. The molecule has 2 nitrogen and oxygen atoms in total. The largest absolute Gasteiger partial charge is 0.237 e. The van der Waals surface area contributed by atoms with E-state index in [9.17, 15) is 0 Å². The molecule has 1 aromatic rings. The second-order valence-electron chi connectivity index (χ2n) is 6.51. The maximum atomic E-state index is 6.39. The van der Waals surface area contributed by atoms with Crippen LogP contribution in [0.5, 0.6) is 0 Å². The molecule has 0 saturated heterocycles. The third-order valence-electron chi connectivity index (χ3n) is 5.06. The zero-order valence-electron chi connectivity index (χ0n) is 12.5. The summed E-state index contributed by atoms with van der Waals surface area (Å²) in [6.45, 7) is 2.29. The lowest BCUT2D eigenvalue weighted by molar-refractivity contribution is 0.302. The second kappa shape index (κ2) is 6.43. The maximum Gasteiger partial charge on any atom is 0.136 e. The Morgan fingerprint density at radius 2 is 1.80 bits per heavy atom. The van der Waals surface area contributed by atoms with Crippen LogP contribution in [-0.4, -0.2) is 9.97 Å². The number of nitrogens with zero attached hydrogens (tertiary/aromatic N) is 2. The molecular formula is C17H25ClN2. The molecule has 0 aliphatic heterocycles. The van der Waals surface area contributed by atoms with Gasteiger partial charge in [-0.3, -0.25) is 0 Å². The van der Waals surface area contributed by atoms with Gasteiger partial charge in [-0.1, -0.05) is 31.4 Å². The first kappa shape index (κ1) is 14.3. The molecule has 3 heteroatoms. The smallest absolute Gasteiger partial charge is 0.136 e. The van der Waals surface area contributed by atoms with Crippen LogP contribution in [0.25, 0.3) is 0 Å². The number of aromatic nitrogens is 2. The molecule has 0 unspecified atom stereocenters. The van der Waals surface area contributed by atoms with Crippen molar-refractivity contribution < 1.29 is 0 Å². The Morgan fingerprint density at radius 1 is 1.05 bits per heavy atom. The molecule has 1 fully saturated rings. The Balaban J connectivity index is 1.73. The Bertz CT molecular complexity index is 464. The van der Waals surface area contributed by atoms with Crippen LogP contribution in [0.3, 0.4) is 0 Å². The van der Waals surface area contributed by atoms with Gasteiger partial charge in [0.05, 0.1) is 0 Å². The third-order valence-corrected chi connectivity index (χ3v) is 5.37. The minimum atomic E-state index is 0.549. The van der Waals surface area contributed by atoms with Gasteiger partial charge in [0.15, 0.2) is 0 Å². The minimum Gasteiger partial charge on any atom is -0.237 e. The number of hydrogen-bond acceptors (Lipinski definition) is 2. The van der Waals surface area contributed by atoms with Crippen molar-refractivity contribution in [1.29, 1.82) is 0 Å². The van der Waals surface area contributed by atoms with Crippen LogP contribution in [0, 0.1) is 5.92 Å². The molecule has 1 saturated carbocycles. The van der Waals surface area contributed by atoms with Crippen molar-refractivity contribution in [2.45, 2.75) is 77.0 Å². The summed E-state index contributed by atoms with van der Waals surface area (Å²) in [6.07, 6.45) is 12.5. The molecule has 1 heterocycles. The van der Waals surface area contributed by atoms with Gasteiger partial charge in [-0.15, -0.1) is 0 Å². The van der Waals surface area contributed by atoms with Crippen LogP contribution in [0.15, 0.2) is 0 Å². The zero-order valence-corrected chi connectivity index (χ0v) is 13.3. The van der Waals surface area contributed by atoms with Gasteiger partial charge in [0.2, 0.25) is 0 Å². The van der Waals surface area contributed by atoms with Crippen molar-refractivity contribution >= 4 is 11.6 Å². The molecule has 0 N–H and O–H groups in total. The first-order chi connectivity index (χ1) is 9.78. The van der Waals surface area contributed by atoms with E-state index in [4.69, 9.17) is 16.6 Å². The van der Waals surface area contributed by atoms with E-state index in [-0.39, 0.29) is 0 Å². The Kier molecular flexibility index (Phi) is 4.60. The van der Waals surface area contributed by atoms with Crippen LogP contribution in [0.4, 0.5) is 0 Å². The number of hydrogen-bond donors (Lipinski definition) is 0. The van der Waals surface area contributed by atoms with Gasteiger partial charge in [-0.25, -0.2) is 9.97 Å². The topological polar surface area (TPSA) is 25.8 Å². The highest BCUT2D eigenvalue weighted by molar-refractivity contribution is 6.30. The van der Waals surface area contributed by atoms with Crippen molar-refractivity contribution in [1.82, 2.24) is 9.97 Å². The van der Waals surface area contributed by atoms with Gasteiger partial charge in [0.25, 0.3) is 0 Å². The summed E-state index contributed by atoms with van der Waals surface area (Å²) < 4.78 is 0. The monoisotopic (exact) mass is 292 g/mol. The van der Waals surface area contributed by atoms with E-state index in [1.807, 2.05) is 0 Å². The highest BCUT2D eigenvalue weighted by Gasteiger charge is 2.26. The predicted molar refractivity (Wildman–Crippen MR) is 83.3 cm³/mol. The van der Waals surface area contributed by atoms with Crippen molar-refractivity contribution in [3.63, 3.8) is 0 Å². The SMILES string of the molecule is CCCC1CCC(c2nc(Cl)c3c(n2)CCCC3)CC1. The molecule has 1 aromatic heterocycles. The molecule has 2 aliphatic rings. The van der Waals surface area contributed by atoms with Crippen LogP contribution in [0.2, 0.25) is 5.15 Å². The first-order valence-electron chi connectivity index (χ1n) is 8.33. The molecular weight excluding hydrogens is 268 g/mol. The number of halogens is 1. The molecule has 2 aliphatic carbocycles. The van der Waals surface area contributed by atoms with E-state index in [1.54, 1.807) is 0 Å². The van der Waals surface area contributed by atoms with Gasteiger partial charge in [-0.05, 0) is 57.3 Å². The predicted octanol–water partition coefficient (Wildman–Crippen LogP) is 5.08. The van der Waals surface area contributed by atoms with E-state index >= 15 is 0 Å². The van der Waals surface area contributed by atoms with Gasteiger partial charge in [0.1, 0.15) is 11.0 Å². The molecule has 0 aromatic carbocycles. The summed E-state index contributed by atoms with van der Waals surface area (Å²) in [7, 11) is 0. The maximum absolute atomic E-state index is 6.39. The Labute approximate surface area is 127 Å². The summed E-state index contributed by atoms with van der Waals surface area (Å²) in [6, 6.07) is 0. The molecule has 0 bridgehead atoms. The summed E-state index contributed by atoms with van der Waals surface area (Å²) in [5.74, 6) is 2.52. The number of fused-ring (bicyclic) bond motifs is 1. The van der Waals surface area contributed by atoms with Crippen LogP contribution in [0.1, 0.15) is 81.3 Å². The lowest BCUT2D eigenvalue weighted by atomic mass is 9.79. The summed E-state index contributed by atoms with van der Waals surface area (Å²) in [5, 5.41) is 0.736. The standard InChI is InChI=1S/C17H25ClN2/c1-2-5-12-8-10-13(11-9-12)17-19-15-7-4-3-6-14(15)16(18)20-17/h12-13H,2-11H2,1H3. The van der Waals surface area contributed by atoms with Crippen molar-refractivity contribution in [3.8, 4) is 0 Å². The van der Waals surface area contributed by atoms with Crippen molar-refractivity contribution in [2.24, 2.45) is 5.92 Å². The van der Waals surface area contributed by atoms with E-state index in [1.165, 1.54) is 62.6 Å².